The number of carbonyl (C=O) groups excluding carboxylic acids is 1. The molecule has 0 unspecified atom stereocenters. The summed E-state index contributed by atoms with van der Waals surface area (Å²) in [4.78, 5) is 11.3. The van der Waals surface area contributed by atoms with Gasteiger partial charge in [-0.15, -0.1) is 0 Å². The molecule has 0 bridgehead atoms. The molecule has 106 valence electrons. The van der Waals surface area contributed by atoms with Crippen molar-refractivity contribution in [3.8, 4) is 0 Å². The molecule has 0 aliphatic heterocycles. The Labute approximate surface area is 114 Å². The van der Waals surface area contributed by atoms with Gasteiger partial charge in [-0.05, 0) is 18.4 Å². The number of hydrogen-bond acceptors (Lipinski definition) is 3. The number of allylic oxidation sites excluding steroid dienone is 4. The fraction of sp³-hybridized carbons (Fsp3) is 0.462. The van der Waals surface area contributed by atoms with E-state index < -0.39 is 10.0 Å². The van der Waals surface area contributed by atoms with Gasteiger partial charge in [0, 0.05) is 5.92 Å². The lowest BCUT2D eigenvalue weighted by molar-refractivity contribution is -0.120. The molecule has 1 rings (SSSR count). The van der Waals surface area contributed by atoms with Gasteiger partial charge in [0.2, 0.25) is 15.9 Å². The Morgan fingerprint density at radius 3 is 2.11 bits per heavy atom. The van der Waals surface area contributed by atoms with Gasteiger partial charge < -0.3 is 5.73 Å². The highest BCUT2D eigenvalue weighted by molar-refractivity contribution is 7.93. The second-order valence-electron chi connectivity index (χ2n) is 5.32. The van der Waals surface area contributed by atoms with Gasteiger partial charge in [-0.2, -0.15) is 0 Å². The second-order valence-corrected chi connectivity index (χ2v) is 6.88. The van der Waals surface area contributed by atoms with Crippen LogP contribution < -0.4 is 10.9 Å². The maximum absolute atomic E-state index is 11.3. The highest BCUT2D eigenvalue weighted by atomic mass is 32.2. The first-order valence-electron chi connectivity index (χ1n) is 5.88. The summed E-state index contributed by atoms with van der Waals surface area (Å²) in [5.41, 5.74) is 5.77. The molecular formula is C13H20N2O3S. The van der Waals surface area contributed by atoms with Crippen molar-refractivity contribution in [1.82, 2.24) is 0 Å². The first-order valence-corrected chi connectivity index (χ1v) is 7.43. The highest BCUT2D eigenvalue weighted by Gasteiger charge is 2.61. The molecule has 4 N–H and O–H groups in total. The van der Waals surface area contributed by atoms with Crippen LogP contribution in [0, 0.1) is 17.3 Å². The molecule has 0 aromatic rings. The lowest BCUT2D eigenvalue weighted by Crippen LogP contribution is -2.16. The summed E-state index contributed by atoms with van der Waals surface area (Å²) in [6.07, 6.45) is 4.38. The molecule has 0 aromatic carbocycles. The maximum Gasteiger partial charge on any atom is 0.237 e. The van der Waals surface area contributed by atoms with Gasteiger partial charge in [0.15, 0.2) is 0 Å². The fourth-order valence-electron chi connectivity index (χ4n) is 2.51. The van der Waals surface area contributed by atoms with Gasteiger partial charge in [0.25, 0.3) is 0 Å². The topological polar surface area (TPSA) is 103 Å². The first-order chi connectivity index (χ1) is 8.53. The Hall–Kier alpha value is -1.40. The molecule has 1 fully saturated rings. The minimum atomic E-state index is -3.73. The molecule has 0 radical (unpaired) electrons. The molecule has 1 amide bonds. The van der Waals surface area contributed by atoms with Crippen LogP contribution >= 0.6 is 0 Å². The van der Waals surface area contributed by atoms with Crippen molar-refractivity contribution < 1.29 is 13.2 Å². The first kappa shape index (κ1) is 15.7. The highest BCUT2D eigenvalue weighted by Crippen LogP contribution is 2.61. The summed E-state index contributed by atoms with van der Waals surface area (Å²) in [6.45, 7) is 9.33. The van der Waals surface area contributed by atoms with Crippen LogP contribution in [0.25, 0.3) is 0 Å². The van der Waals surface area contributed by atoms with E-state index in [4.69, 9.17) is 10.9 Å². The largest absolute Gasteiger partial charge is 0.369 e. The van der Waals surface area contributed by atoms with Gasteiger partial charge in [-0.3, -0.25) is 4.79 Å². The number of hydrogen-bond donors (Lipinski definition) is 2. The van der Waals surface area contributed by atoms with E-state index in [1.54, 1.807) is 13.0 Å². The predicted molar refractivity (Wildman–Crippen MR) is 75.1 cm³/mol. The summed E-state index contributed by atoms with van der Waals surface area (Å²) in [6, 6.07) is 0. The van der Waals surface area contributed by atoms with E-state index in [1.165, 1.54) is 12.2 Å². The lowest BCUT2D eigenvalue weighted by Gasteiger charge is -2.02. The third kappa shape index (κ3) is 3.13. The Bertz CT molecular complexity index is 571. The Kier molecular flexibility index (Phi) is 4.07. The Morgan fingerprint density at radius 2 is 1.79 bits per heavy atom. The molecule has 1 aliphatic rings. The van der Waals surface area contributed by atoms with Crippen LogP contribution in [-0.4, -0.2) is 14.3 Å². The van der Waals surface area contributed by atoms with Crippen molar-refractivity contribution in [1.29, 1.82) is 0 Å². The Morgan fingerprint density at radius 1 is 1.26 bits per heavy atom. The quantitative estimate of drug-likeness (QED) is 0.737. The number of amides is 1. The summed E-state index contributed by atoms with van der Waals surface area (Å²) < 4.78 is 22.4. The standard InChI is InChI=1S/C13H20N2O3S/c1-5-9(19(15,17)18)7-6-8(2)10-11(12(14)16)13(10,3)4/h5-7,10-11H,2H2,1,3-4H3,(H2,14,16)(H2,15,17,18)/b7-6-,9-5+/t10-,11+/m1/s1. The molecule has 0 heterocycles. The average Bonchev–Trinajstić information content (AvgIpc) is 2.80. The summed E-state index contributed by atoms with van der Waals surface area (Å²) in [5.74, 6) is -0.671. The zero-order valence-electron chi connectivity index (χ0n) is 11.4. The molecule has 19 heavy (non-hydrogen) atoms. The summed E-state index contributed by atoms with van der Waals surface area (Å²) in [7, 11) is -3.73. The van der Waals surface area contributed by atoms with Crippen molar-refractivity contribution >= 4 is 15.9 Å². The maximum atomic E-state index is 11.3. The molecular weight excluding hydrogens is 264 g/mol. The van der Waals surface area contributed by atoms with Gasteiger partial charge in [-0.1, -0.05) is 38.2 Å². The summed E-state index contributed by atoms with van der Waals surface area (Å²) >= 11 is 0. The monoisotopic (exact) mass is 284 g/mol. The van der Waals surface area contributed by atoms with Gasteiger partial charge in [-0.25, -0.2) is 13.6 Å². The summed E-state index contributed by atoms with van der Waals surface area (Å²) in [5, 5.41) is 5.05. The van der Waals surface area contributed by atoms with Crippen LogP contribution in [0.15, 0.2) is 35.3 Å². The van der Waals surface area contributed by atoms with Crippen molar-refractivity contribution in [3.05, 3.63) is 35.3 Å². The molecule has 2 atom stereocenters. The number of rotatable bonds is 5. The van der Waals surface area contributed by atoms with Crippen molar-refractivity contribution in [2.45, 2.75) is 20.8 Å². The van der Waals surface area contributed by atoms with E-state index in [1.807, 2.05) is 13.8 Å². The minimum absolute atomic E-state index is 0.0164. The average molecular weight is 284 g/mol. The molecule has 0 saturated heterocycles. The third-order valence-corrected chi connectivity index (χ3v) is 4.64. The lowest BCUT2D eigenvalue weighted by atomic mass is 10.0. The van der Waals surface area contributed by atoms with Crippen LogP contribution in [0.4, 0.5) is 0 Å². The number of nitrogens with two attached hydrogens (primary N) is 2. The van der Waals surface area contributed by atoms with Crippen molar-refractivity contribution in [3.63, 3.8) is 0 Å². The van der Waals surface area contributed by atoms with Crippen LogP contribution in [-0.2, 0) is 14.8 Å². The smallest absolute Gasteiger partial charge is 0.237 e. The SMILES string of the molecule is C=C(/C=C\C(=C/C)S(N)(=O)=O)[C@@H]1[C@@H](C(N)=O)C1(C)C. The van der Waals surface area contributed by atoms with E-state index in [0.29, 0.717) is 5.57 Å². The molecule has 0 aromatic heterocycles. The third-order valence-electron chi connectivity index (χ3n) is 3.61. The predicted octanol–water partition coefficient (Wildman–Crippen LogP) is 1.05. The number of carbonyl (C=O) groups is 1. The molecule has 5 nitrogen and oxygen atoms in total. The zero-order chi connectivity index (χ0) is 15.0. The molecule has 1 saturated carbocycles. The van der Waals surface area contributed by atoms with E-state index in [0.717, 1.165) is 0 Å². The van der Waals surface area contributed by atoms with Crippen LogP contribution in [0.2, 0.25) is 0 Å². The van der Waals surface area contributed by atoms with Gasteiger partial charge in [0.05, 0.1) is 10.8 Å². The normalized spacial score (nSPS) is 26.4. The number of primary amides is 1. The van der Waals surface area contributed by atoms with E-state index in [-0.39, 0.29) is 28.1 Å². The minimum Gasteiger partial charge on any atom is -0.369 e. The van der Waals surface area contributed by atoms with E-state index >= 15 is 0 Å². The molecule has 0 spiro atoms. The van der Waals surface area contributed by atoms with E-state index in [2.05, 4.69) is 6.58 Å². The molecule has 1 aliphatic carbocycles. The van der Waals surface area contributed by atoms with Crippen LogP contribution in [0.1, 0.15) is 20.8 Å². The molecule has 6 heteroatoms. The zero-order valence-corrected chi connectivity index (χ0v) is 12.2. The number of primary sulfonamides is 1. The second kappa shape index (κ2) is 4.94. The van der Waals surface area contributed by atoms with Gasteiger partial charge in [0.1, 0.15) is 0 Å². The van der Waals surface area contributed by atoms with Crippen LogP contribution in [0.3, 0.4) is 0 Å². The van der Waals surface area contributed by atoms with Crippen LogP contribution in [0.5, 0.6) is 0 Å². The fourth-order valence-corrected chi connectivity index (χ4v) is 3.10. The van der Waals surface area contributed by atoms with Crippen molar-refractivity contribution in [2.75, 3.05) is 0 Å². The van der Waals surface area contributed by atoms with Gasteiger partial charge >= 0.3 is 0 Å². The Balaban J connectivity index is 2.86. The van der Waals surface area contributed by atoms with E-state index in [9.17, 15) is 13.2 Å². The number of sulfonamides is 1. The van der Waals surface area contributed by atoms with Crippen molar-refractivity contribution in [2.24, 2.45) is 28.1 Å².